The third-order valence-corrected chi connectivity index (χ3v) is 5.91. The molecule has 0 radical (unpaired) electrons. The summed E-state index contributed by atoms with van der Waals surface area (Å²) < 4.78 is 0. The molecule has 0 aliphatic carbocycles. The highest BCUT2D eigenvalue weighted by molar-refractivity contribution is 4.98. The molecule has 0 heteroatoms. The Hall–Kier alpha value is -0.440. The van der Waals surface area contributed by atoms with Crippen molar-refractivity contribution in [3.8, 4) is 11.8 Å². The zero-order valence-electron chi connectivity index (χ0n) is 20.0. The third-order valence-electron chi connectivity index (χ3n) is 5.91. The summed E-state index contributed by atoms with van der Waals surface area (Å²) >= 11 is 0. The Kier molecular flexibility index (Phi) is 26.1. The minimum atomic E-state index is 1.08. The Morgan fingerprint density at radius 2 is 0.571 bits per heavy atom. The lowest BCUT2D eigenvalue weighted by Crippen LogP contribution is -1.84. The quantitative estimate of drug-likeness (QED) is 0.127. The van der Waals surface area contributed by atoms with Gasteiger partial charge in [-0.25, -0.2) is 0 Å². The largest absolute Gasteiger partial charge is 0.103 e. The van der Waals surface area contributed by atoms with Crippen LogP contribution in [0.15, 0.2) is 0 Å². The maximum absolute atomic E-state index is 3.30. The van der Waals surface area contributed by atoms with Gasteiger partial charge in [0.1, 0.15) is 0 Å². The number of hydrogen-bond donors (Lipinski definition) is 0. The molecule has 0 nitrogen and oxygen atoms in total. The summed E-state index contributed by atoms with van der Waals surface area (Å²) in [6.45, 7) is 4.50. The lowest BCUT2D eigenvalue weighted by Gasteiger charge is -2.04. The van der Waals surface area contributed by atoms with Crippen LogP contribution in [0.1, 0.15) is 168 Å². The molecule has 0 saturated heterocycles. The Labute approximate surface area is 180 Å². The summed E-state index contributed by atoms with van der Waals surface area (Å²) in [5.41, 5.74) is 0. The smallest absolute Gasteiger partial charge is 0.00886 e. The van der Waals surface area contributed by atoms with E-state index in [0.29, 0.717) is 0 Å². The predicted octanol–water partition coefficient (Wildman–Crippen LogP) is 10.4. The molecule has 0 rings (SSSR count). The molecule has 0 fully saturated rings. The van der Waals surface area contributed by atoms with Crippen molar-refractivity contribution in [2.45, 2.75) is 168 Å². The van der Waals surface area contributed by atoms with E-state index in [1.807, 2.05) is 0 Å². The molecule has 0 atom stereocenters. The second-order valence-corrected chi connectivity index (χ2v) is 8.92. The van der Waals surface area contributed by atoms with Crippen molar-refractivity contribution >= 4 is 0 Å². The van der Waals surface area contributed by atoms with Crippen molar-refractivity contribution in [2.24, 2.45) is 0 Å². The normalized spacial score (nSPS) is 10.8. The van der Waals surface area contributed by atoms with Crippen molar-refractivity contribution in [1.82, 2.24) is 0 Å². The van der Waals surface area contributed by atoms with Crippen LogP contribution in [0.25, 0.3) is 0 Å². The Bertz CT molecular complexity index is 319. The first-order valence-corrected chi connectivity index (χ1v) is 13.4. The van der Waals surface area contributed by atoms with Gasteiger partial charge in [-0.2, -0.15) is 0 Å². The van der Waals surface area contributed by atoms with Gasteiger partial charge in [0, 0.05) is 12.8 Å². The van der Waals surface area contributed by atoms with Crippen LogP contribution < -0.4 is 0 Å². The Morgan fingerprint density at radius 3 is 0.893 bits per heavy atom. The Morgan fingerprint density at radius 1 is 0.286 bits per heavy atom. The van der Waals surface area contributed by atoms with Gasteiger partial charge in [0.2, 0.25) is 0 Å². The zero-order chi connectivity index (χ0) is 20.4. The van der Waals surface area contributed by atoms with Gasteiger partial charge in [0.25, 0.3) is 0 Å². The first-order chi connectivity index (χ1) is 13.9. The van der Waals surface area contributed by atoms with Crippen molar-refractivity contribution in [3.05, 3.63) is 0 Å². The molecule has 0 heterocycles. The van der Waals surface area contributed by atoms with Gasteiger partial charge < -0.3 is 0 Å². The Balaban J connectivity index is 3.01. The molecule has 0 aliphatic heterocycles. The topological polar surface area (TPSA) is 0 Å². The van der Waals surface area contributed by atoms with Crippen LogP contribution in [0.4, 0.5) is 0 Å². The second-order valence-electron chi connectivity index (χ2n) is 8.92. The van der Waals surface area contributed by atoms with Gasteiger partial charge in [-0.3, -0.25) is 0 Å². The van der Waals surface area contributed by atoms with Crippen LogP contribution in [-0.2, 0) is 0 Å². The fourth-order valence-corrected chi connectivity index (χ4v) is 3.95. The van der Waals surface area contributed by atoms with Crippen molar-refractivity contribution < 1.29 is 0 Å². The van der Waals surface area contributed by atoms with E-state index >= 15 is 0 Å². The van der Waals surface area contributed by atoms with Gasteiger partial charge in [-0.05, 0) is 12.8 Å². The lowest BCUT2D eigenvalue weighted by molar-refractivity contribution is 0.520. The van der Waals surface area contributed by atoms with E-state index in [1.165, 1.54) is 141 Å². The molecular weight excluding hydrogens is 336 g/mol. The average Bonchev–Trinajstić information content (AvgIpc) is 2.71. The van der Waals surface area contributed by atoms with Gasteiger partial charge in [-0.1, -0.05) is 142 Å². The molecular formula is C28H54. The maximum atomic E-state index is 3.30. The van der Waals surface area contributed by atoms with Crippen LogP contribution in [0.2, 0.25) is 0 Å². The van der Waals surface area contributed by atoms with E-state index < -0.39 is 0 Å². The summed E-state index contributed by atoms with van der Waals surface area (Å²) in [7, 11) is 0. The number of rotatable bonds is 22. The number of hydrogen-bond acceptors (Lipinski definition) is 0. The molecule has 28 heavy (non-hydrogen) atoms. The van der Waals surface area contributed by atoms with Crippen LogP contribution in [0, 0.1) is 11.8 Å². The van der Waals surface area contributed by atoms with Gasteiger partial charge in [0.05, 0.1) is 0 Å². The minimum Gasteiger partial charge on any atom is -0.103 e. The second kappa shape index (κ2) is 26.6. The fourth-order valence-electron chi connectivity index (χ4n) is 3.95. The van der Waals surface area contributed by atoms with Crippen molar-refractivity contribution in [2.75, 3.05) is 0 Å². The molecule has 0 unspecified atom stereocenters. The molecule has 0 aliphatic rings. The summed E-state index contributed by atoms with van der Waals surface area (Å²) in [6.07, 6.45) is 34.0. The third kappa shape index (κ3) is 25.6. The van der Waals surface area contributed by atoms with Crippen LogP contribution in [0.3, 0.4) is 0 Å². The highest BCUT2D eigenvalue weighted by Gasteiger charge is 1.95. The molecule has 0 aromatic rings. The van der Waals surface area contributed by atoms with Crippen LogP contribution in [0.5, 0.6) is 0 Å². The van der Waals surface area contributed by atoms with Crippen LogP contribution >= 0.6 is 0 Å². The monoisotopic (exact) mass is 390 g/mol. The first-order valence-electron chi connectivity index (χ1n) is 13.4. The highest BCUT2D eigenvalue weighted by atomic mass is 14.0. The minimum absolute atomic E-state index is 1.08. The van der Waals surface area contributed by atoms with Gasteiger partial charge in [0.15, 0.2) is 0 Å². The van der Waals surface area contributed by atoms with E-state index in [1.54, 1.807) is 0 Å². The summed E-state index contributed by atoms with van der Waals surface area (Å²) in [6, 6.07) is 0. The van der Waals surface area contributed by atoms with Gasteiger partial charge in [-0.15, -0.1) is 11.8 Å². The van der Waals surface area contributed by atoms with E-state index in [-0.39, 0.29) is 0 Å². The lowest BCUT2D eigenvalue weighted by atomic mass is 10.0. The molecule has 0 amide bonds. The molecule has 0 saturated carbocycles. The maximum Gasteiger partial charge on any atom is 0.00886 e. The molecule has 0 aromatic heterocycles. The first kappa shape index (κ1) is 27.6. The molecule has 0 aromatic carbocycles. The van der Waals surface area contributed by atoms with Crippen molar-refractivity contribution in [3.63, 3.8) is 0 Å². The summed E-state index contributed by atoms with van der Waals surface area (Å²) in [5, 5.41) is 0. The van der Waals surface area contributed by atoms with Crippen molar-refractivity contribution in [1.29, 1.82) is 0 Å². The fraction of sp³-hybridized carbons (Fsp3) is 0.929. The predicted molar refractivity (Wildman–Crippen MR) is 130 cm³/mol. The average molecular weight is 391 g/mol. The van der Waals surface area contributed by atoms with E-state index in [9.17, 15) is 0 Å². The SMILES string of the molecule is CCCC#CCCCCCCCCCCCCCCCCCCCCCCC. The summed E-state index contributed by atoms with van der Waals surface area (Å²) in [5.74, 6) is 6.54. The zero-order valence-corrected chi connectivity index (χ0v) is 20.0. The van der Waals surface area contributed by atoms with E-state index in [0.717, 1.165) is 12.8 Å². The molecule has 0 N–H and O–H groups in total. The van der Waals surface area contributed by atoms with E-state index in [2.05, 4.69) is 25.7 Å². The van der Waals surface area contributed by atoms with E-state index in [4.69, 9.17) is 0 Å². The summed E-state index contributed by atoms with van der Waals surface area (Å²) in [4.78, 5) is 0. The molecule has 0 spiro atoms. The van der Waals surface area contributed by atoms with Gasteiger partial charge >= 0.3 is 0 Å². The molecule has 0 bridgehead atoms. The molecule has 166 valence electrons. The highest BCUT2D eigenvalue weighted by Crippen LogP contribution is 2.15. The standard InChI is InChI=1S/C28H54/c1-3-5-7-9-11-13-15-17-19-21-23-25-27-28-26-24-22-20-18-16-14-12-10-8-6-4-2/h3-7,9,11-28H2,1-2H3. The van der Waals surface area contributed by atoms with Crippen LogP contribution in [-0.4, -0.2) is 0 Å². The number of unbranched alkanes of at least 4 members (excludes halogenated alkanes) is 22.